The second kappa shape index (κ2) is 7.79. The van der Waals surface area contributed by atoms with E-state index in [4.69, 9.17) is 18.9 Å². The fourth-order valence-corrected chi connectivity index (χ4v) is 10.3. The molecule has 7 aliphatic rings. The monoisotopic (exact) mass is 529 g/mol. The van der Waals surface area contributed by atoms with Gasteiger partial charge in [-0.05, 0) is 100 Å². The SMILES string of the molecule is COc1ccc(C(=O)[C@]2(C)C[C@@]34CC[C@]2(OC)[C@@H]2Oc5c(OC)ccc6c5[C@@]23CCN(CC2CC2)[C@@H]4C6)cc1. The molecule has 5 aliphatic carbocycles. The molecule has 2 aromatic rings. The van der Waals surface area contributed by atoms with Crippen molar-refractivity contribution in [3.05, 3.63) is 53.1 Å². The molecule has 2 heterocycles. The quantitative estimate of drug-likeness (QED) is 0.460. The minimum absolute atomic E-state index is 0.0490. The lowest BCUT2D eigenvalue weighted by molar-refractivity contribution is -0.292. The lowest BCUT2D eigenvalue weighted by Crippen LogP contribution is -2.84. The van der Waals surface area contributed by atoms with Crippen LogP contribution >= 0.6 is 0 Å². The Hall–Kier alpha value is -2.57. The Kier molecular flexibility index (Phi) is 4.84. The van der Waals surface area contributed by atoms with Gasteiger partial charge in [0.2, 0.25) is 0 Å². The molecule has 2 aromatic carbocycles. The largest absolute Gasteiger partial charge is 0.497 e. The number of carbonyl (C=O) groups excluding carboxylic acids is 1. The van der Waals surface area contributed by atoms with Crippen LogP contribution in [0.25, 0.3) is 0 Å². The van der Waals surface area contributed by atoms with Gasteiger partial charge in [0.05, 0.1) is 19.6 Å². The molecule has 0 aromatic heterocycles. The van der Waals surface area contributed by atoms with Crippen molar-refractivity contribution in [1.29, 1.82) is 0 Å². The summed E-state index contributed by atoms with van der Waals surface area (Å²) in [5.74, 6) is 3.46. The van der Waals surface area contributed by atoms with Crippen molar-refractivity contribution in [2.45, 2.75) is 75.0 Å². The van der Waals surface area contributed by atoms with Crippen molar-refractivity contribution in [3.8, 4) is 17.2 Å². The number of likely N-dealkylation sites (tertiary alicyclic amines) is 1. The molecule has 4 saturated carbocycles. The van der Waals surface area contributed by atoms with Gasteiger partial charge in [-0.25, -0.2) is 0 Å². The normalized spacial score (nSPS) is 39.2. The van der Waals surface area contributed by atoms with Crippen LogP contribution in [0.4, 0.5) is 0 Å². The molecule has 6 heteroatoms. The molecule has 6 atom stereocenters. The topological polar surface area (TPSA) is 57.2 Å². The summed E-state index contributed by atoms with van der Waals surface area (Å²) in [6, 6.07) is 12.4. The Balaban J connectivity index is 1.34. The van der Waals surface area contributed by atoms with Gasteiger partial charge in [-0.1, -0.05) is 6.07 Å². The highest BCUT2D eigenvalue weighted by Gasteiger charge is 2.84. The van der Waals surface area contributed by atoms with E-state index in [9.17, 15) is 4.79 Å². The number of hydrogen-bond donors (Lipinski definition) is 0. The fourth-order valence-electron chi connectivity index (χ4n) is 10.3. The zero-order valence-corrected chi connectivity index (χ0v) is 23.5. The molecule has 0 unspecified atom stereocenters. The number of piperidine rings is 1. The van der Waals surface area contributed by atoms with E-state index in [0.29, 0.717) is 6.04 Å². The van der Waals surface area contributed by atoms with Crippen LogP contribution in [0.5, 0.6) is 17.2 Å². The molecule has 206 valence electrons. The van der Waals surface area contributed by atoms with Crippen LogP contribution in [-0.2, 0) is 16.6 Å². The van der Waals surface area contributed by atoms with Gasteiger partial charge in [-0.2, -0.15) is 0 Å². The number of carbonyl (C=O) groups is 1. The molecular weight excluding hydrogens is 490 g/mol. The van der Waals surface area contributed by atoms with E-state index in [1.165, 1.54) is 30.5 Å². The highest BCUT2D eigenvalue weighted by molar-refractivity contribution is 6.02. The maximum absolute atomic E-state index is 14.7. The van der Waals surface area contributed by atoms with Crippen LogP contribution in [-0.4, -0.2) is 62.8 Å². The third kappa shape index (κ3) is 2.69. The highest BCUT2D eigenvalue weighted by atomic mass is 16.6. The van der Waals surface area contributed by atoms with Crippen LogP contribution in [0.3, 0.4) is 0 Å². The Morgan fingerprint density at radius 3 is 2.51 bits per heavy atom. The second-order valence-corrected chi connectivity index (χ2v) is 13.3. The van der Waals surface area contributed by atoms with E-state index in [2.05, 4.69) is 24.0 Å². The summed E-state index contributed by atoms with van der Waals surface area (Å²) in [5.41, 5.74) is 1.83. The van der Waals surface area contributed by atoms with Gasteiger partial charge >= 0.3 is 0 Å². The van der Waals surface area contributed by atoms with Crippen LogP contribution in [0.15, 0.2) is 36.4 Å². The molecule has 6 nitrogen and oxygen atoms in total. The summed E-state index contributed by atoms with van der Waals surface area (Å²) in [5, 5.41) is 0. The molecule has 0 radical (unpaired) electrons. The molecule has 4 bridgehead atoms. The number of fused-ring (bicyclic) bond motifs is 2. The van der Waals surface area contributed by atoms with Gasteiger partial charge in [-0.3, -0.25) is 9.69 Å². The predicted molar refractivity (Wildman–Crippen MR) is 147 cm³/mol. The smallest absolute Gasteiger partial charge is 0.171 e. The first-order chi connectivity index (χ1) is 18.9. The molecule has 1 saturated heterocycles. The number of methoxy groups -OCH3 is 3. The van der Waals surface area contributed by atoms with Crippen molar-refractivity contribution >= 4 is 5.78 Å². The number of benzene rings is 2. The molecule has 2 aliphatic heterocycles. The summed E-state index contributed by atoms with van der Waals surface area (Å²) < 4.78 is 25.1. The maximum Gasteiger partial charge on any atom is 0.171 e. The molecule has 0 N–H and O–H groups in total. The Morgan fingerprint density at radius 2 is 1.82 bits per heavy atom. The summed E-state index contributed by atoms with van der Waals surface area (Å²) in [6.45, 7) is 4.45. The van der Waals surface area contributed by atoms with E-state index in [-0.39, 0.29) is 22.7 Å². The van der Waals surface area contributed by atoms with Crippen LogP contribution in [0.2, 0.25) is 0 Å². The van der Waals surface area contributed by atoms with Crippen molar-refractivity contribution < 1.29 is 23.7 Å². The second-order valence-electron chi connectivity index (χ2n) is 13.3. The molecule has 5 fully saturated rings. The van der Waals surface area contributed by atoms with Gasteiger partial charge in [0.15, 0.2) is 17.3 Å². The van der Waals surface area contributed by atoms with Crippen molar-refractivity contribution in [3.63, 3.8) is 0 Å². The highest BCUT2D eigenvalue weighted by Crippen LogP contribution is 2.79. The number of rotatable bonds is 7. The first-order valence-electron chi connectivity index (χ1n) is 14.7. The van der Waals surface area contributed by atoms with Crippen molar-refractivity contribution in [2.24, 2.45) is 16.7 Å². The predicted octanol–water partition coefficient (Wildman–Crippen LogP) is 5.20. The van der Waals surface area contributed by atoms with Gasteiger partial charge in [0, 0.05) is 41.7 Å². The fraction of sp³-hybridized carbons (Fsp3) is 0.606. The minimum atomic E-state index is -0.729. The van der Waals surface area contributed by atoms with Crippen LogP contribution < -0.4 is 14.2 Å². The van der Waals surface area contributed by atoms with E-state index < -0.39 is 11.0 Å². The van der Waals surface area contributed by atoms with Gasteiger partial charge in [0.25, 0.3) is 0 Å². The first-order valence-corrected chi connectivity index (χ1v) is 14.7. The average molecular weight is 530 g/mol. The lowest BCUT2D eigenvalue weighted by Gasteiger charge is -2.76. The summed E-state index contributed by atoms with van der Waals surface area (Å²) in [6.07, 6.45) is 7.26. The third-order valence-electron chi connectivity index (χ3n) is 12.1. The van der Waals surface area contributed by atoms with Crippen LogP contribution in [0.1, 0.15) is 66.9 Å². The van der Waals surface area contributed by atoms with E-state index in [0.717, 1.165) is 67.4 Å². The van der Waals surface area contributed by atoms with Crippen molar-refractivity contribution in [1.82, 2.24) is 4.90 Å². The summed E-state index contributed by atoms with van der Waals surface area (Å²) in [4.78, 5) is 17.5. The molecular formula is C33H39NO5. The number of ketones is 1. The molecule has 9 rings (SSSR count). The maximum atomic E-state index is 14.7. The Morgan fingerprint density at radius 1 is 1.03 bits per heavy atom. The van der Waals surface area contributed by atoms with Gasteiger partial charge < -0.3 is 18.9 Å². The molecule has 2 spiro atoms. The zero-order chi connectivity index (χ0) is 26.8. The third-order valence-corrected chi connectivity index (χ3v) is 12.1. The van der Waals surface area contributed by atoms with Crippen molar-refractivity contribution in [2.75, 3.05) is 34.4 Å². The number of ether oxygens (including phenoxy) is 4. The standard InChI is InChI=1S/C33H39NO5/c1-30(28(35)21-7-10-23(36-2)11-8-21)19-31-13-14-33(30,38-4)29-32(31)15-16-34(18-20-5-6-20)25(31)17-22-9-12-24(37-3)27(39-29)26(22)32/h7-12,20,25,29H,5-6,13-19H2,1-4H3/t25-,29-,30+,31-,32+,33+/m1/s1. The number of nitrogens with zero attached hydrogens (tertiary/aromatic N) is 1. The molecule has 39 heavy (non-hydrogen) atoms. The zero-order valence-electron chi connectivity index (χ0n) is 23.5. The lowest BCUT2D eigenvalue weighted by atomic mass is 9.31. The van der Waals surface area contributed by atoms with E-state index >= 15 is 0 Å². The molecule has 0 amide bonds. The average Bonchev–Trinajstić information content (AvgIpc) is 3.71. The van der Waals surface area contributed by atoms with Gasteiger partial charge in [-0.15, -0.1) is 0 Å². The van der Waals surface area contributed by atoms with Gasteiger partial charge in [0.1, 0.15) is 17.5 Å². The Bertz CT molecular complexity index is 1370. The van der Waals surface area contributed by atoms with Crippen LogP contribution in [0, 0.1) is 16.7 Å². The van der Waals surface area contributed by atoms with E-state index in [1.54, 1.807) is 14.2 Å². The summed E-state index contributed by atoms with van der Waals surface area (Å²) >= 11 is 0. The number of Topliss-reactive ketones (excluding diaryl/α,β-unsaturated/α-hetero) is 1. The summed E-state index contributed by atoms with van der Waals surface area (Å²) in [7, 11) is 5.20. The minimum Gasteiger partial charge on any atom is -0.497 e. The van der Waals surface area contributed by atoms with E-state index in [1.807, 2.05) is 31.4 Å². The first kappa shape index (κ1) is 24.2. The number of hydrogen-bond acceptors (Lipinski definition) is 6. The Labute approximate surface area is 230 Å².